The molecule has 0 unspecified atom stereocenters. The van der Waals surface area contributed by atoms with Gasteiger partial charge in [0, 0.05) is 33.8 Å². The Morgan fingerprint density at radius 2 is 1.16 bits per heavy atom. The van der Waals surface area contributed by atoms with Crippen LogP contribution in [-0.4, -0.2) is 9.55 Å². The maximum absolute atomic E-state index is 9.62. The Hall–Kier alpha value is -6.24. The van der Waals surface area contributed by atoms with Gasteiger partial charge in [0.1, 0.15) is 0 Å². The van der Waals surface area contributed by atoms with E-state index in [9.17, 15) is 5.26 Å². The second-order valence-electron chi connectivity index (χ2n) is 11.5. The summed E-state index contributed by atoms with van der Waals surface area (Å²) >= 11 is 0. The van der Waals surface area contributed by atoms with Crippen LogP contribution < -0.4 is 0 Å². The molecule has 0 aliphatic carbocycles. The standard InChI is InChI=1S/C42H25N3/c43-25-27-14-18-36-37-20-16-29(23-42(37)45(41(36)22-27)31-9-2-1-3-10-31)40-21-17-30(26-44-40)38-24-39-32-11-5-4-8-28(32)15-19-35(39)33-12-6-7-13-34(33)38/h1-24,26H. The van der Waals surface area contributed by atoms with Crippen LogP contribution >= 0.6 is 0 Å². The minimum absolute atomic E-state index is 0.647. The smallest absolute Gasteiger partial charge is 0.0992 e. The van der Waals surface area contributed by atoms with Gasteiger partial charge in [0.05, 0.1) is 28.4 Å². The number of pyridine rings is 1. The average molecular weight is 572 g/mol. The van der Waals surface area contributed by atoms with Crippen molar-refractivity contribution >= 4 is 54.1 Å². The molecule has 0 saturated heterocycles. The van der Waals surface area contributed by atoms with Gasteiger partial charge in [0.25, 0.3) is 0 Å². The maximum Gasteiger partial charge on any atom is 0.0992 e. The highest BCUT2D eigenvalue weighted by Gasteiger charge is 2.15. The quantitative estimate of drug-likeness (QED) is 0.198. The van der Waals surface area contributed by atoms with Gasteiger partial charge in [0.15, 0.2) is 0 Å². The fraction of sp³-hybridized carbons (Fsp3) is 0. The van der Waals surface area contributed by atoms with Gasteiger partial charge in [-0.2, -0.15) is 5.26 Å². The van der Waals surface area contributed by atoms with E-state index in [0.717, 1.165) is 44.3 Å². The van der Waals surface area contributed by atoms with Gasteiger partial charge in [-0.1, -0.05) is 103 Å². The molecule has 0 amide bonds. The van der Waals surface area contributed by atoms with E-state index in [-0.39, 0.29) is 0 Å². The fourth-order valence-corrected chi connectivity index (χ4v) is 6.93. The number of nitriles is 1. The molecule has 3 heteroatoms. The average Bonchev–Trinajstić information content (AvgIpc) is 3.44. The molecule has 9 rings (SSSR count). The van der Waals surface area contributed by atoms with E-state index in [1.807, 2.05) is 36.5 Å². The summed E-state index contributed by atoms with van der Waals surface area (Å²) in [4.78, 5) is 5.01. The van der Waals surface area contributed by atoms with Gasteiger partial charge >= 0.3 is 0 Å². The Morgan fingerprint density at radius 3 is 1.96 bits per heavy atom. The van der Waals surface area contributed by atoms with Crippen molar-refractivity contribution in [2.75, 3.05) is 0 Å². The number of rotatable bonds is 3. The predicted octanol–water partition coefficient (Wildman–Crippen LogP) is 10.8. The third kappa shape index (κ3) is 3.94. The first-order valence-corrected chi connectivity index (χ1v) is 15.1. The van der Waals surface area contributed by atoms with E-state index in [1.54, 1.807) is 0 Å². The van der Waals surface area contributed by atoms with E-state index in [2.05, 4.69) is 126 Å². The van der Waals surface area contributed by atoms with Crippen LogP contribution in [-0.2, 0) is 0 Å². The Morgan fingerprint density at radius 1 is 0.489 bits per heavy atom. The molecule has 0 spiro atoms. The van der Waals surface area contributed by atoms with Crippen molar-refractivity contribution < 1.29 is 0 Å². The molecule has 3 nitrogen and oxygen atoms in total. The summed E-state index contributed by atoms with van der Waals surface area (Å²) < 4.78 is 2.24. The second-order valence-corrected chi connectivity index (χ2v) is 11.5. The van der Waals surface area contributed by atoms with Crippen molar-refractivity contribution in [1.82, 2.24) is 9.55 Å². The highest BCUT2D eigenvalue weighted by Crippen LogP contribution is 2.39. The molecule has 2 heterocycles. The van der Waals surface area contributed by atoms with Crippen LogP contribution in [0.4, 0.5) is 0 Å². The highest BCUT2D eigenvalue weighted by molar-refractivity contribution is 6.21. The lowest BCUT2D eigenvalue weighted by molar-refractivity contribution is 1.18. The molecule has 0 radical (unpaired) electrons. The lowest BCUT2D eigenvalue weighted by atomic mass is 9.91. The maximum atomic E-state index is 9.62. The van der Waals surface area contributed by atoms with Crippen molar-refractivity contribution in [3.05, 3.63) is 157 Å². The van der Waals surface area contributed by atoms with Crippen LogP contribution in [0.15, 0.2) is 152 Å². The predicted molar refractivity (Wildman–Crippen MR) is 187 cm³/mol. The summed E-state index contributed by atoms with van der Waals surface area (Å²) in [5, 5.41) is 19.4. The van der Waals surface area contributed by atoms with Crippen molar-refractivity contribution in [1.29, 1.82) is 5.26 Å². The van der Waals surface area contributed by atoms with E-state index in [4.69, 9.17) is 4.98 Å². The van der Waals surface area contributed by atoms with E-state index in [1.165, 1.54) is 37.9 Å². The summed E-state index contributed by atoms with van der Waals surface area (Å²) in [6, 6.07) is 53.5. The Balaban J connectivity index is 1.21. The number of hydrogen-bond donors (Lipinski definition) is 0. The molecule has 9 aromatic rings. The zero-order valence-corrected chi connectivity index (χ0v) is 24.3. The zero-order chi connectivity index (χ0) is 29.9. The second kappa shape index (κ2) is 9.91. The summed E-state index contributed by atoms with van der Waals surface area (Å²) in [7, 11) is 0. The fourth-order valence-electron chi connectivity index (χ4n) is 6.93. The van der Waals surface area contributed by atoms with Crippen LogP contribution in [0.1, 0.15) is 5.56 Å². The molecule has 0 N–H and O–H groups in total. The normalized spacial score (nSPS) is 11.5. The largest absolute Gasteiger partial charge is 0.309 e. The Bertz CT molecular complexity index is 2640. The number of fused-ring (bicyclic) bond motifs is 8. The molecule has 45 heavy (non-hydrogen) atoms. The molecule has 0 bridgehead atoms. The summed E-state index contributed by atoms with van der Waals surface area (Å²) in [6.07, 6.45) is 2.00. The van der Waals surface area contributed by atoms with Crippen molar-refractivity contribution in [3.8, 4) is 34.1 Å². The van der Waals surface area contributed by atoms with Gasteiger partial charge in [-0.05, 0) is 80.3 Å². The van der Waals surface area contributed by atoms with Crippen molar-refractivity contribution in [2.45, 2.75) is 0 Å². The third-order valence-electron chi connectivity index (χ3n) is 9.05. The van der Waals surface area contributed by atoms with Gasteiger partial charge in [-0.3, -0.25) is 4.98 Å². The van der Waals surface area contributed by atoms with Crippen LogP contribution in [0.3, 0.4) is 0 Å². The van der Waals surface area contributed by atoms with Crippen LogP contribution in [0, 0.1) is 11.3 Å². The molecule has 0 saturated carbocycles. The SMILES string of the molecule is N#Cc1ccc2c3ccc(-c4ccc(-c5cc6c7ccccc7ccc6c6ccccc56)cn4)cc3n(-c3ccccc3)c2c1. The molecule has 0 atom stereocenters. The Kier molecular flexibility index (Phi) is 5.57. The van der Waals surface area contributed by atoms with Crippen LogP contribution in [0.2, 0.25) is 0 Å². The van der Waals surface area contributed by atoms with Crippen LogP contribution in [0.5, 0.6) is 0 Å². The zero-order valence-electron chi connectivity index (χ0n) is 24.3. The lowest BCUT2D eigenvalue weighted by Gasteiger charge is -2.13. The minimum atomic E-state index is 0.647. The number of benzene rings is 7. The summed E-state index contributed by atoms with van der Waals surface area (Å²) in [5.74, 6) is 0. The molecule has 0 aliphatic heterocycles. The van der Waals surface area contributed by atoms with Crippen molar-refractivity contribution in [3.63, 3.8) is 0 Å². The van der Waals surface area contributed by atoms with Gasteiger partial charge < -0.3 is 4.57 Å². The molecule has 0 fully saturated rings. The number of nitrogens with zero attached hydrogens (tertiary/aromatic N) is 3. The van der Waals surface area contributed by atoms with Crippen LogP contribution in [0.25, 0.3) is 82.2 Å². The van der Waals surface area contributed by atoms with Gasteiger partial charge in [0.2, 0.25) is 0 Å². The molecular weight excluding hydrogens is 546 g/mol. The first-order chi connectivity index (χ1) is 22.3. The lowest BCUT2D eigenvalue weighted by Crippen LogP contribution is -1.94. The first-order valence-electron chi connectivity index (χ1n) is 15.1. The Labute approximate surface area is 259 Å². The third-order valence-corrected chi connectivity index (χ3v) is 9.05. The molecule has 208 valence electrons. The first kappa shape index (κ1) is 25.3. The molecular formula is C42H25N3. The number of aromatic nitrogens is 2. The van der Waals surface area contributed by atoms with E-state index >= 15 is 0 Å². The van der Waals surface area contributed by atoms with E-state index < -0.39 is 0 Å². The minimum Gasteiger partial charge on any atom is -0.309 e. The summed E-state index contributed by atoms with van der Waals surface area (Å²) in [5.41, 5.74) is 8.05. The summed E-state index contributed by atoms with van der Waals surface area (Å²) in [6.45, 7) is 0. The highest BCUT2D eigenvalue weighted by atomic mass is 15.0. The molecule has 0 aliphatic rings. The number of hydrogen-bond acceptors (Lipinski definition) is 2. The number of para-hydroxylation sites is 1. The monoisotopic (exact) mass is 571 g/mol. The van der Waals surface area contributed by atoms with Gasteiger partial charge in [-0.15, -0.1) is 0 Å². The van der Waals surface area contributed by atoms with E-state index in [0.29, 0.717) is 5.56 Å². The molecule has 2 aromatic heterocycles. The topological polar surface area (TPSA) is 41.6 Å². The van der Waals surface area contributed by atoms with Crippen molar-refractivity contribution in [2.24, 2.45) is 0 Å². The molecule has 7 aromatic carbocycles. The van der Waals surface area contributed by atoms with Gasteiger partial charge in [-0.25, -0.2) is 0 Å².